The topological polar surface area (TPSA) is 93.5 Å². The number of benzene rings is 1. The molecule has 0 heterocycles. The lowest BCUT2D eigenvalue weighted by molar-refractivity contribution is -0.125. The highest BCUT2D eigenvalue weighted by Crippen LogP contribution is 2.32. The van der Waals surface area contributed by atoms with E-state index in [0.29, 0.717) is 36.5 Å². The first-order valence-electron chi connectivity index (χ1n) is 10.00. The van der Waals surface area contributed by atoms with Gasteiger partial charge in [-0.2, -0.15) is 0 Å². The highest BCUT2D eigenvalue weighted by molar-refractivity contribution is 5.98. The summed E-state index contributed by atoms with van der Waals surface area (Å²) >= 11 is 0. The minimum absolute atomic E-state index is 0.0231. The fraction of sp³-hybridized carbons (Fsp3) is 0.619. The van der Waals surface area contributed by atoms with Gasteiger partial charge in [-0.1, -0.05) is 33.1 Å². The maximum atomic E-state index is 12.8. The van der Waals surface area contributed by atoms with Gasteiger partial charge in [-0.05, 0) is 43.9 Å². The number of carbonyl (C=O) groups is 2. The van der Waals surface area contributed by atoms with Crippen molar-refractivity contribution in [2.75, 3.05) is 24.3 Å². The summed E-state index contributed by atoms with van der Waals surface area (Å²) in [5, 5.41) is 5.94. The van der Waals surface area contributed by atoms with Crippen molar-refractivity contribution >= 4 is 23.2 Å². The van der Waals surface area contributed by atoms with Gasteiger partial charge in [-0.3, -0.25) is 9.59 Å². The van der Waals surface area contributed by atoms with Crippen molar-refractivity contribution < 1.29 is 14.3 Å². The van der Waals surface area contributed by atoms with Crippen molar-refractivity contribution in [2.24, 2.45) is 17.1 Å². The van der Waals surface area contributed by atoms with Crippen molar-refractivity contribution in [3.63, 3.8) is 0 Å². The van der Waals surface area contributed by atoms with E-state index in [1.807, 2.05) is 13.8 Å². The molecule has 0 aromatic heterocycles. The molecule has 0 atom stereocenters. The molecule has 6 heteroatoms. The third kappa shape index (κ3) is 5.01. The molecular weight excluding hydrogens is 342 g/mol. The lowest BCUT2D eigenvalue weighted by atomic mass is 9.81. The number of hydrogen-bond acceptors (Lipinski definition) is 4. The second-order valence-corrected chi connectivity index (χ2v) is 7.38. The monoisotopic (exact) mass is 375 g/mol. The first kappa shape index (κ1) is 21.2. The van der Waals surface area contributed by atoms with Gasteiger partial charge >= 0.3 is 0 Å². The Hall–Kier alpha value is -2.08. The van der Waals surface area contributed by atoms with E-state index in [1.165, 1.54) is 6.42 Å². The number of carbonyl (C=O) groups excluding carboxylic acids is 2. The van der Waals surface area contributed by atoms with Crippen LogP contribution in [0, 0.1) is 11.3 Å². The first-order valence-corrected chi connectivity index (χ1v) is 10.00. The molecule has 6 nitrogen and oxygen atoms in total. The fourth-order valence-corrected chi connectivity index (χ4v) is 3.70. The Balaban J connectivity index is 2.16. The molecule has 1 fully saturated rings. The number of rotatable bonds is 8. The maximum absolute atomic E-state index is 12.8. The van der Waals surface area contributed by atoms with Crippen LogP contribution in [0.5, 0.6) is 5.75 Å². The van der Waals surface area contributed by atoms with Crippen molar-refractivity contribution in [3.05, 3.63) is 18.2 Å². The minimum atomic E-state index is -0.578. The molecule has 1 aliphatic rings. The Morgan fingerprint density at radius 2 is 1.81 bits per heavy atom. The van der Waals surface area contributed by atoms with Crippen LogP contribution in [-0.4, -0.2) is 25.5 Å². The number of methoxy groups -OCH3 is 1. The van der Waals surface area contributed by atoms with E-state index < -0.39 is 5.41 Å². The van der Waals surface area contributed by atoms with Gasteiger partial charge in [0.2, 0.25) is 11.8 Å². The summed E-state index contributed by atoms with van der Waals surface area (Å²) in [5.74, 6) is 0.555. The zero-order valence-corrected chi connectivity index (χ0v) is 16.8. The quantitative estimate of drug-likeness (QED) is 0.642. The van der Waals surface area contributed by atoms with Gasteiger partial charge < -0.3 is 21.1 Å². The number of ether oxygens (including phenoxy) is 1. The highest BCUT2D eigenvalue weighted by atomic mass is 16.5. The molecule has 4 N–H and O–H groups in total. The van der Waals surface area contributed by atoms with E-state index in [4.69, 9.17) is 10.5 Å². The van der Waals surface area contributed by atoms with Gasteiger partial charge in [-0.25, -0.2) is 0 Å². The molecule has 2 amide bonds. The molecule has 1 aromatic carbocycles. The molecule has 0 spiro atoms. The smallest absolute Gasteiger partial charge is 0.231 e. The Labute approximate surface area is 162 Å². The van der Waals surface area contributed by atoms with Crippen molar-refractivity contribution in [1.29, 1.82) is 0 Å². The lowest BCUT2D eigenvalue weighted by Gasteiger charge is -2.28. The normalized spacial score (nSPS) is 15.3. The largest absolute Gasteiger partial charge is 0.495 e. The Bertz CT molecular complexity index is 642. The summed E-state index contributed by atoms with van der Waals surface area (Å²) in [6, 6.07) is 5.29. The number of hydrogen-bond donors (Lipinski definition) is 3. The van der Waals surface area contributed by atoms with Gasteiger partial charge in [0.1, 0.15) is 5.75 Å². The van der Waals surface area contributed by atoms with Gasteiger partial charge in [0.05, 0.1) is 18.2 Å². The van der Waals surface area contributed by atoms with Gasteiger partial charge in [0, 0.05) is 18.2 Å². The molecule has 0 saturated heterocycles. The molecule has 27 heavy (non-hydrogen) atoms. The predicted octanol–water partition coefficient (Wildman–Crippen LogP) is 3.92. The van der Waals surface area contributed by atoms with E-state index in [2.05, 4.69) is 10.6 Å². The van der Waals surface area contributed by atoms with Crippen molar-refractivity contribution in [2.45, 2.75) is 58.8 Å². The van der Waals surface area contributed by atoms with Crippen LogP contribution in [0.25, 0.3) is 0 Å². The number of anilines is 2. The molecule has 0 unspecified atom stereocenters. The average molecular weight is 376 g/mol. The molecular formula is C21H33N3O3. The van der Waals surface area contributed by atoms with Crippen LogP contribution in [0.4, 0.5) is 11.4 Å². The van der Waals surface area contributed by atoms with E-state index in [-0.39, 0.29) is 17.7 Å². The molecule has 150 valence electrons. The summed E-state index contributed by atoms with van der Waals surface area (Å²) in [7, 11) is 1.57. The minimum Gasteiger partial charge on any atom is -0.495 e. The molecule has 0 bridgehead atoms. The standard InChI is InChI=1S/C21H33N3O3/c1-4-21(5-2,14-22)20(26)23-16-11-12-18(27-3)17(13-16)24-19(25)15-9-7-6-8-10-15/h11-13,15H,4-10,14,22H2,1-3H3,(H,23,26)(H,24,25). The third-order valence-electron chi connectivity index (χ3n) is 5.92. The fourth-order valence-electron chi connectivity index (χ4n) is 3.70. The molecule has 2 rings (SSSR count). The predicted molar refractivity (Wildman–Crippen MR) is 109 cm³/mol. The summed E-state index contributed by atoms with van der Waals surface area (Å²) in [4.78, 5) is 25.4. The summed E-state index contributed by atoms with van der Waals surface area (Å²) in [6.45, 7) is 4.24. The second kappa shape index (κ2) is 9.74. The summed E-state index contributed by atoms with van der Waals surface area (Å²) < 4.78 is 5.38. The number of amides is 2. The second-order valence-electron chi connectivity index (χ2n) is 7.38. The van der Waals surface area contributed by atoms with E-state index >= 15 is 0 Å². The SMILES string of the molecule is CCC(CC)(CN)C(=O)Nc1ccc(OC)c(NC(=O)C2CCCCC2)c1. The van der Waals surface area contributed by atoms with Crippen LogP contribution >= 0.6 is 0 Å². The Morgan fingerprint density at radius 1 is 1.15 bits per heavy atom. The molecule has 1 aromatic rings. The van der Waals surface area contributed by atoms with Crippen LogP contribution in [0.3, 0.4) is 0 Å². The zero-order valence-electron chi connectivity index (χ0n) is 16.8. The maximum Gasteiger partial charge on any atom is 0.231 e. The van der Waals surface area contributed by atoms with Crippen LogP contribution in [0.15, 0.2) is 18.2 Å². The summed E-state index contributed by atoms with van der Waals surface area (Å²) in [5.41, 5.74) is 6.50. The lowest BCUT2D eigenvalue weighted by Crippen LogP contribution is -2.41. The van der Waals surface area contributed by atoms with Crippen LogP contribution in [0.2, 0.25) is 0 Å². The van der Waals surface area contributed by atoms with Gasteiger partial charge in [0.15, 0.2) is 0 Å². The van der Waals surface area contributed by atoms with Crippen molar-refractivity contribution in [3.8, 4) is 5.75 Å². The first-order chi connectivity index (χ1) is 13.0. The highest BCUT2D eigenvalue weighted by Gasteiger charge is 2.33. The summed E-state index contributed by atoms with van der Waals surface area (Å²) in [6.07, 6.45) is 6.60. The molecule has 1 saturated carbocycles. The third-order valence-corrected chi connectivity index (χ3v) is 5.92. The van der Waals surface area contributed by atoms with Crippen LogP contribution < -0.4 is 21.1 Å². The number of nitrogens with two attached hydrogens (primary N) is 1. The van der Waals surface area contributed by atoms with Crippen LogP contribution in [-0.2, 0) is 9.59 Å². The van der Waals surface area contributed by atoms with Gasteiger partial charge in [0.25, 0.3) is 0 Å². The van der Waals surface area contributed by atoms with Gasteiger partial charge in [-0.15, -0.1) is 0 Å². The van der Waals surface area contributed by atoms with E-state index in [0.717, 1.165) is 25.7 Å². The van der Waals surface area contributed by atoms with E-state index in [9.17, 15) is 9.59 Å². The Morgan fingerprint density at radius 3 is 2.37 bits per heavy atom. The molecule has 1 aliphatic carbocycles. The molecule has 0 aliphatic heterocycles. The Kier molecular flexibility index (Phi) is 7.66. The zero-order chi connectivity index (χ0) is 19.9. The van der Waals surface area contributed by atoms with E-state index in [1.54, 1.807) is 25.3 Å². The average Bonchev–Trinajstić information content (AvgIpc) is 2.70. The number of nitrogens with one attached hydrogen (secondary N) is 2. The molecule has 0 radical (unpaired) electrons. The van der Waals surface area contributed by atoms with Crippen molar-refractivity contribution in [1.82, 2.24) is 0 Å². The van der Waals surface area contributed by atoms with Crippen LogP contribution in [0.1, 0.15) is 58.8 Å².